The smallest absolute Gasteiger partial charge is 0.429 e. The van der Waals surface area contributed by atoms with Crippen LogP contribution < -0.4 is 9.47 Å². The monoisotopic (exact) mass is 596 g/mol. The van der Waals surface area contributed by atoms with E-state index < -0.39 is 58.7 Å². The predicted octanol–water partition coefficient (Wildman–Crippen LogP) is 10.1. The van der Waals surface area contributed by atoms with E-state index in [1.54, 1.807) is 6.07 Å². The zero-order valence-electron chi connectivity index (χ0n) is 21.7. The number of ether oxygens (including phenoxy) is 2. The van der Waals surface area contributed by atoms with Crippen LogP contribution in [-0.2, 0) is 12.5 Å². The first-order valence-corrected chi connectivity index (χ1v) is 12.4. The van der Waals surface area contributed by atoms with Gasteiger partial charge in [0, 0.05) is 17.7 Å². The molecule has 4 rings (SSSR count). The molecule has 0 aliphatic rings. The van der Waals surface area contributed by atoms with Crippen molar-refractivity contribution in [2.45, 2.75) is 32.1 Å². The molecule has 4 aromatic carbocycles. The van der Waals surface area contributed by atoms with Gasteiger partial charge in [-0.2, -0.15) is 22.0 Å². The second-order valence-corrected chi connectivity index (χ2v) is 9.13. The summed E-state index contributed by atoms with van der Waals surface area (Å²) in [5.74, 6) is -7.93. The number of benzene rings is 4. The van der Waals surface area contributed by atoms with Crippen molar-refractivity contribution in [2.24, 2.45) is 0 Å². The predicted molar refractivity (Wildman–Crippen MR) is 138 cm³/mol. The molecule has 0 aliphatic heterocycles. The zero-order chi connectivity index (χ0) is 30.7. The third-order valence-electron chi connectivity index (χ3n) is 6.05. The number of hydrogen-bond acceptors (Lipinski definition) is 2. The topological polar surface area (TPSA) is 18.5 Å². The van der Waals surface area contributed by atoms with Gasteiger partial charge in [0.15, 0.2) is 17.4 Å². The molecular formula is C31H21F9O2. The van der Waals surface area contributed by atoms with Crippen LogP contribution in [0.25, 0.3) is 22.3 Å². The molecular weight excluding hydrogens is 575 g/mol. The Balaban J connectivity index is 1.53. The van der Waals surface area contributed by atoms with E-state index in [0.717, 1.165) is 30.0 Å². The summed E-state index contributed by atoms with van der Waals surface area (Å²) < 4.78 is 133. The minimum absolute atomic E-state index is 0.0331. The van der Waals surface area contributed by atoms with E-state index in [-0.39, 0.29) is 29.5 Å². The van der Waals surface area contributed by atoms with Crippen molar-refractivity contribution in [3.8, 4) is 33.8 Å². The Morgan fingerprint density at radius 2 is 1.26 bits per heavy atom. The Labute approximate surface area is 234 Å². The highest BCUT2D eigenvalue weighted by Gasteiger charge is 2.38. The highest BCUT2D eigenvalue weighted by molar-refractivity contribution is 5.71. The number of aryl methyl sites for hydroxylation is 1. The lowest BCUT2D eigenvalue weighted by molar-refractivity contribution is -0.187. The standard InChI is InChI=1S/C31H21F9O2/c1-2-3-18-4-6-19(7-5-18)20-8-10-23(25(32)14-20)21-9-11-24(26(33)15-21)31(39,40)42-22-16-27(34)29(28(35)17-22)41-13-12-30(36,37)38/h4-17H,2-3H2,1H3/b13-12+. The number of hydrogen-bond donors (Lipinski definition) is 0. The summed E-state index contributed by atoms with van der Waals surface area (Å²) >= 11 is 0. The molecule has 0 fully saturated rings. The van der Waals surface area contributed by atoms with Crippen LogP contribution in [0.3, 0.4) is 0 Å². The van der Waals surface area contributed by atoms with Crippen LogP contribution in [-0.4, -0.2) is 6.18 Å². The van der Waals surface area contributed by atoms with Crippen molar-refractivity contribution in [3.63, 3.8) is 0 Å². The van der Waals surface area contributed by atoms with Gasteiger partial charge in [-0.05, 0) is 46.9 Å². The van der Waals surface area contributed by atoms with E-state index in [1.165, 1.54) is 12.1 Å². The second kappa shape index (κ2) is 12.2. The van der Waals surface area contributed by atoms with Gasteiger partial charge in [-0.15, -0.1) is 0 Å². The summed E-state index contributed by atoms with van der Waals surface area (Å²) in [6.45, 7) is 2.05. The van der Waals surface area contributed by atoms with Gasteiger partial charge in [-0.1, -0.05) is 55.8 Å². The summed E-state index contributed by atoms with van der Waals surface area (Å²) in [7, 11) is 0. The van der Waals surface area contributed by atoms with E-state index in [4.69, 9.17) is 0 Å². The maximum atomic E-state index is 15.0. The van der Waals surface area contributed by atoms with Crippen molar-refractivity contribution in [3.05, 3.63) is 120 Å². The van der Waals surface area contributed by atoms with E-state index >= 15 is 0 Å². The van der Waals surface area contributed by atoms with Gasteiger partial charge in [-0.25, -0.2) is 17.6 Å². The van der Waals surface area contributed by atoms with Gasteiger partial charge in [0.1, 0.15) is 17.4 Å². The van der Waals surface area contributed by atoms with Crippen LogP contribution in [0.5, 0.6) is 11.5 Å². The van der Waals surface area contributed by atoms with Crippen molar-refractivity contribution < 1.29 is 49.0 Å². The molecule has 0 aliphatic carbocycles. The lowest BCUT2D eigenvalue weighted by Crippen LogP contribution is -2.23. The Hall–Kier alpha value is -4.41. The fourth-order valence-electron chi connectivity index (χ4n) is 4.09. The van der Waals surface area contributed by atoms with Gasteiger partial charge >= 0.3 is 12.3 Å². The highest BCUT2D eigenvalue weighted by atomic mass is 19.4. The number of halogens is 9. The van der Waals surface area contributed by atoms with Crippen LogP contribution in [0.1, 0.15) is 24.5 Å². The lowest BCUT2D eigenvalue weighted by Gasteiger charge is -2.20. The zero-order valence-corrected chi connectivity index (χ0v) is 21.7. The molecule has 0 N–H and O–H groups in total. The highest BCUT2D eigenvalue weighted by Crippen LogP contribution is 2.38. The largest absolute Gasteiger partial charge is 0.459 e. The first kappa shape index (κ1) is 30.5. The van der Waals surface area contributed by atoms with Gasteiger partial charge in [0.2, 0.25) is 0 Å². The summed E-state index contributed by atoms with van der Waals surface area (Å²) in [5, 5.41) is 0. The first-order chi connectivity index (χ1) is 19.8. The molecule has 0 spiro atoms. The molecule has 4 aromatic rings. The average Bonchev–Trinajstić information content (AvgIpc) is 2.90. The molecule has 0 radical (unpaired) electrons. The Bertz CT molecular complexity index is 1570. The van der Waals surface area contributed by atoms with Gasteiger partial charge in [0.05, 0.1) is 17.9 Å². The molecule has 2 nitrogen and oxygen atoms in total. The third kappa shape index (κ3) is 7.26. The summed E-state index contributed by atoms with van der Waals surface area (Å²) in [6, 6.07) is 14.6. The first-order valence-electron chi connectivity index (χ1n) is 12.4. The van der Waals surface area contributed by atoms with Crippen LogP contribution >= 0.6 is 0 Å². The summed E-state index contributed by atoms with van der Waals surface area (Å²) in [5.41, 5.74) is 1.01. The van der Waals surface area contributed by atoms with Gasteiger partial charge in [-0.3, -0.25) is 0 Å². The van der Waals surface area contributed by atoms with Crippen molar-refractivity contribution in [2.75, 3.05) is 0 Å². The number of rotatable bonds is 9. The molecule has 0 saturated carbocycles. The third-order valence-corrected chi connectivity index (χ3v) is 6.05. The van der Waals surface area contributed by atoms with Crippen LogP contribution in [0.15, 0.2) is 85.1 Å². The second-order valence-electron chi connectivity index (χ2n) is 9.13. The van der Waals surface area contributed by atoms with Crippen molar-refractivity contribution >= 4 is 0 Å². The average molecular weight is 596 g/mol. The van der Waals surface area contributed by atoms with Crippen molar-refractivity contribution in [1.29, 1.82) is 0 Å². The van der Waals surface area contributed by atoms with E-state index in [1.807, 2.05) is 24.3 Å². The van der Waals surface area contributed by atoms with E-state index in [9.17, 15) is 39.5 Å². The molecule has 0 unspecified atom stereocenters. The molecule has 0 heterocycles. The molecule has 0 amide bonds. The van der Waals surface area contributed by atoms with E-state index in [0.29, 0.717) is 17.7 Å². The molecule has 42 heavy (non-hydrogen) atoms. The quantitative estimate of drug-likeness (QED) is 0.141. The molecule has 220 valence electrons. The van der Waals surface area contributed by atoms with Gasteiger partial charge < -0.3 is 9.47 Å². The van der Waals surface area contributed by atoms with Crippen LogP contribution in [0, 0.1) is 23.3 Å². The summed E-state index contributed by atoms with van der Waals surface area (Å²) in [6.07, 6.45) is -7.87. The molecule has 0 saturated heterocycles. The Morgan fingerprint density at radius 3 is 1.83 bits per heavy atom. The van der Waals surface area contributed by atoms with Gasteiger partial charge in [0.25, 0.3) is 0 Å². The molecule has 11 heteroatoms. The molecule has 0 aromatic heterocycles. The maximum absolute atomic E-state index is 15.0. The minimum atomic E-state index is -4.83. The fourth-order valence-corrected chi connectivity index (χ4v) is 4.09. The normalized spacial score (nSPS) is 12.1. The lowest BCUT2D eigenvalue weighted by atomic mass is 9.97. The number of allylic oxidation sites excluding steroid dienone is 1. The maximum Gasteiger partial charge on any atom is 0.429 e. The molecule has 0 atom stereocenters. The summed E-state index contributed by atoms with van der Waals surface area (Å²) in [4.78, 5) is 0. The minimum Gasteiger partial charge on any atom is -0.459 e. The Morgan fingerprint density at radius 1 is 0.667 bits per heavy atom. The fraction of sp³-hybridized carbons (Fsp3) is 0.161. The van der Waals surface area contributed by atoms with Crippen LogP contribution in [0.4, 0.5) is 39.5 Å². The SMILES string of the molecule is CCCc1ccc(-c2ccc(-c3ccc(C(F)(F)Oc4cc(F)c(O/C=C/C(F)(F)F)c(F)c4)c(F)c3)c(F)c2)cc1. The Kier molecular flexibility index (Phi) is 8.89. The molecule has 0 bridgehead atoms. The number of alkyl halides is 5. The van der Waals surface area contributed by atoms with Crippen LogP contribution in [0.2, 0.25) is 0 Å². The van der Waals surface area contributed by atoms with Crippen molar-refractivity contribution in [1.82, 2.24) is 0 Å². The van der Waals surface area contributed by atoms with E-state index in [2.05, 4.69) is 16.4 Å².